The first-order valence-electron chi connectivity index (χ1n) is 11.8. The first-order chi connectivity index (χ1) is 13.2. The summed E-state index contributed by atoms with van der Waals surface area (Å²) in [6.45, 7) is 3.96. The number of rotatable bonds is 8. The van der Waals surface area contributed by atoms with Crippen molar-refractivity contribution in [3.63, 3.8) is 0 Å². The lowest BCUT2D eigenvalue weighted by Gasteiger charge is -2.38. The van der Waals surface area contributed by atoms with Crippen LogP contribution in [0.3, 0.4) is 0 Å². The van der Waals surface area contributed by atoms with Gasteiger partial charge >= 0.3 is 0 Å². The Hall–Kier alpha value is -1.11. The molecule has 2 aliphatic rings. The lowest BCUT2D eigenvalue weighted by atomic mass is 9.68. The quantitative estimate of drug-likeness (QED) is 0.336. The third-order valence-corrected chi connectivity index (χ3v) is 7.58. The van der Waals surface area contributed by atoms with Crippen molar-refractivity contribution >= 4 is 5.78 Å². The molecule has 27 heavy (non-hydrogen) atoms. The molecule has 2 aliphatic carbocycles. The Morgan fingerprint density at radius 1 is 0.815 bits per heavy atom. The van der Waals surface area contributed by atoms with Crippen LogP contribution in [0.2, 0.25) is 0 Å². The molecule has 1 aromatic carbocycles. The molecular formula is C26H40O. The summed E-state index contributed by atoms with van der Waals surface area (Å²) in [6, 6.07) is 8.44. The van der Waals surface area contributed by atoms with Crippen LogP contribution in [-0.2, 0) is 0 Å². The average molecular weight is 369 g/mol. The predicted molar refractivity (Wildman–Crippen MR) is 115 cm³/mol. The molecule has 150 valence electrons. The van der Waals surface area contributed by atoms with Gasteiger partial charge in [-0.25, -0.2) is 0 Å². The number of hydrogen-bond acceptors (Lipinski definition) is 1. The van der Waals surface area contributed by atoms with E-state index in [9.17, 15) is 4.79 Å². The molecule has 0 amide bonds. The fourth-order valence-corrected chi connectivity index (χ4v) is 5.72. The Balaban J connectivity index is 1.39. The van der Waals surface area contributed by atoms with E-state index < -0.39 is 0 Å². The Bertz CT molecular complexity index is 556. The highest BCUT2D eigenvalue weighted by molar-refractivity contribution is 5.94. The third-order valence-electron chi connectivity index (χ3n) is 7.58. The van der Waals surface area contributed by atoms with Gasteiger partial charge in [0.25, 0.3) is 0 Å². The van der Waals surface area contributed by atoms with Gasteiger partial charge in [-0.15, -0.1) is 0 Å². The summed E-state index contributed by atoms with van der Waals surface area (Å²) in [5.74, 6) is 3.93. The first kappa shape index (κ1) is 20.6. The van der Waals surface area contributed by atoms with E-state index in [1.807, 2.05) is 12.1 Å². The molecule has 0 radical (unpaired) electrons. The molecule has 0 atom stereocenters. The summed E-state index contributed by atoms with van der Waals surface area (Å²) in [6.07, 6.45) is 18.7. The topological polar surface area (TPSA) is 17.1 Å². The average Bonchev–Trinajstić information content (AvgIpc) is 2.72. The first-order valence-corrected chi connectivity index (χ1v) is 11.8. The largest absolute Gasteiger partial charge is 0.295 e. The lowest BCUT2D eigenvalue weighted by Crippen LogP contribution is -2.25. The molecule has 0 aromatic heterocycles. The van der Waals surface area contributed by atoms with Crippen molar-refractivity contribution in [1.82, 2.24) is 0 Å². The SMILES string of the molecule is CCCCCCC1CCC(C2CCC(c3ccc(C(C)=O)cc3)CC2)CC1. The van der Waals surface area contributed by atoms with Crippen LogP contribution in [-0.4, -0.2) is 5.78 Å². The smallest absolute Gasteiger partial charge is 0.159 e. The van der Waals surface area contributed by atoms with E-state index in [0.717, 1.165) is 29.2 Å². The molecule has 0 aliphatic heterocycles. The highest BCUT2D eigenvalue weighted by Gasteiger charge is 2.31. The Morgan fingerprint density at radius 3 is 1.96 bits per heavy atom. The normalized spacial score (nSPS) is 28.8. The van der Waals surface area contributed by atoms with Crippen LogP contribution in [0.4, 0.5) is 0 Å². The van der Waals surface area contributed by atoms with Gasteiger partial charge in [0.1, 0.15) is 0 Å². The summed E-state index contributed by atoms with van der Waals surface area (Å²) in [5, 5.41) is 0. The van der Waals surface area contributed by atoms with Crippen LogP contribution >= 0.6 is 0 Å². The molecule has 2 saturated carbocycles. The van der Waals surface area contributed by atoms with Crippen LogP contribution in [0.5, 0.6) is 0 Å². The molecule has 0 heterocycles. The number of benzene rings is 1. The zero-order valence-electron chi connectivity index (χ0n) is 17.7. The number of hydrogen-bond donors (Lipinski definition) is 0. The Labute approximate surface area is 167 Å². The molecule has 1 heteroatoms. The maximum absolute atomic E-state index is 11.5. The van der Waals surface area contributed by atoms with Gasteiger partial charge in [0, 0.05) is 5.56 Å². The zero-order valence-corrected chi connectivity index (χ0v) is 17.7. The van der Waals surface area contributed by atoms with Crippen molar-refractivity contribution in [3.05, 3.63) is 35.4 Å². The molecule has 1 nitrogen and oxygen atoms in total. The second-order valence-electron chi connectivity index (χ2n) is 9.42. The van der Waals surface area contributed by atoms with Gasteiger partial charge in [-0.05, 0) is 74.7 Å². The van der Waals surface area contributed by atoms with Crippen molar-refractivity contribution in [1.29, 1.82) is 0 Å². The highest BCUT2D eigenvalue weighted by Crippen LogP contribution is 2.44. The number of unbranched alkanes of at least 4 members (excludes halogenated alkanes) is 3. The molecule has 1 aromatic rings. The molecule has 2 fully saturated rings. The number of ketones is 1. The van der Waals surface area contributed by atoms with E-state index in [-0.39, 0.29) is 5.78 Å². The number of carbonyl (C=O) groups is 1. The van der Waals surface area contributed by atoms with Crippen LogP contribution in [0.15, 0.2) is 24.3 Å². The summed E-state index contributed by atoms with van der Waals surface area (Å²) in [5.41, 5.74) is 2.30. The summed E-state index contributed by atoms with van der Waals surface area (Å²) < 4.78 is 0. The van der Waals surface area contributed by atoms with Crippen molar-refractivity contribution in [2.45, 2.75) is 103 Å². The molecular weight excluding hydrogens is 328 g/mol. The number of carbonyl (C=O) groups excluding carboxylic acids is 1. The molecule has 0 saturated heterocycles. The van der Waals surface area contributed by atoms with Crippen molar-refractivity contribution in [3.8, 4) is 0 Å². The molecule has 0 unspecified atom stereocenters. The van der Waals surface area contributed by atoms with Crippen molar-refractivity contribution in [2.24, 2.45) is 17.8 Å². The summed E-state index contributed by atoms with van der Waals surface area (Å²) in [7, 11) is 0. The minimum absolute atomic E-state index is 0.172. The fourth-order valence-electron chi connectivity index (χ4n) is 5.72. The van der Waals surface area contributed by atoms with E-state index in [1.54, 1.807) is 6.92 Å². The molecule has 3 rings (SSSR count). The van der Waals surface area contributed by atoms with Gasteiger partial charge in [-0.1, -0.05) is 76.1 Å². The minimum atomic E-state index is 0.172. The van der Waals surface area contributed by atoms with Crippen LogP contribution in [0.1, 0.15) is 119 Å². The second-order valence-corrected chi connectivity index (χ2v) is 9.42. The monoisotopic (exact) mass is 368 g/mol. The minimum Gasteiger partial charge on any atom is -0.295 e. The van der Waals surface area contributed by atoms with Gasteiger partial charge in [-0.2, -0.15) is 0 Å². The Kier molecular flexibility index (Phi) is 7.97. The fraction of sp³-hybridized carbons (Fsp3) is 0.731. The summed E-state index contributed by atoms with van der Waals surface area (Å²) in [4.78, 5) is 11.5. The van der Waals surface area contributed by atoms with E-state index in [4.69, 9.17) is 0 Å². The standard InChI is InChI=1S/C26H40O/c1-3-4-5-6-7-21-8-10-23(11-9-21)25-16-18-26(19-17-25)24-14-12-22(13-15-24)20(2)27/h12-15,21,23,25-26H,3-11,16-19H2,1-2H3. The maximum Gasteiger partial charge on any atom is 0.159 e. The van der Waals surface area contributed by atoms with Crippen molar-refractivity contribution < 1.29 is 4.79 Å². The summed E-state index contributed by atoms with van der Waals surface area (Å²) >= 11 is 0. The zero-order chi connectivity index (χ0) is 19.1. The third kappa shape index (κ3) is 5.93. The van der Waals surface area contributed by atoms with Crippen LogP contribution in [0, 0.1) is 17.8 Å². The van der Waals surface area contributed by atoms with Crippen LogP contribution in [0.25, 0.3) is 0 Å². The van der Waals surface area contributed by atoms with E-state index in [0.29, 0.717) is 0 Å². The highest BCUT2D eigenvalue weighted by atomic mass is 16.1. The maximum atomic E-state index is 11.5. The van der Waals surface area contributed by atoms with Gasteiger partial charge < -0.3 is 0 Å². The Morgan fingerprint density at radius 2 is 1.41 bits per heavy atom. The number of Topliss-reactive ketones (excluding diaryl/α,β-unsaturated/α-hetero) is 1. The van der Waals surface area contributed by atoms with E-state index in [1.165, 1.54) is 89.0 Å². The molecule has 0 spiro atoms. The van der Waals surface area contributed by atoms with Crippen LogP contribution < -0.4 is 0 Å². The van der Waals surface area contributed by atoms with Gasteiger partial charge in [-0.3, -0.25) is 4.79 Å². The van der Waals surface area contributed by atoms with E-state index in [2.05, 4.69) is 19.1 Å². The second kappa shape index (κ2) is 10.4. The predicted octanol–water partition coefficient (Wildman–Crippen LogP) is 7.94. The molecule has 0 bridgehead atoms. The molecule has 0 N–H and O–H groups in total. The van der Waals surface area contributed by atoms with E-state index >= 15 is 0 Å². The lowest BCUT2D eigenvalue weighted by molar-refractivity contribution is 0.101. The van der Waals surface area contributed by atoms with Crippen molar-refractivity contribution in [2.75, 3.05) is 0 Å². The van der Waals surface area contributed by atoms with Gasteiger partial charge in [0.2, 0.25) is 0 Å². The van der Waals surface area contributed by atoms with Gasteiger partial charge in [0.05, 0.1) is 0 Å². The van der Waals surface area contributed by atoms with Gasteiger partial charge in [0.15, 0.2) is 5.78 Å².